The summed E-state index contributed by atoms with van der Waals surface area (Å²) in [5.41, 5.74) is 0.312. The standard InChI is InChI=1S/C8H10F2N2O/c1-5-6(7(9)10)11-12-3-2-4-13-8(5)12/h7H,2-4H2,1H3. The van der Waals surface area contributed by atoms with Crippen molar-refractivity contribution < 1.29 is 13.5 Å². The lowest BCUT2D eigenvalue weighted by Gasteiger charge is -2.14. The Kier molecular flexibility index (Phi) is 1.94. The molecule has 0 fully saturated rings. The van der Waals surface area contributed by atoms with Crippen molar-refractivity contribution >= 4 is 0 Å². The van der Waals surface area contributed by atoms with Crippen molar-refractivity contribution in [3.63, 3.8) is 0 Å². The summed E-state index contributed by atoms with van der Waals surface area (Å²) in [4.78, 5) is 0. The van der Waals surface area contributed by atoms with Crippen molar-refractivity contribution in [1.82, 2.24) is 9.78 Å². The van der Waals surface area contributed by atoms with E-state index in [1.54, 1.807) is 6.92 Å². The number of ether oxygens (including phenoxy) is 1. The van der Waals surface area contributed by atoms with Crippen LogP contribution in [0.15, 0.2) is 0 Å². The van der Waals surface area contributed by atoms with E-state index in [4.69, 9.17) is 4.74 Å². The zero-order chi connectivity index (χ0) is 9.42. The quantitative estimate of drug-likeness (QED) is 0.673. The van der Waals surface area contributed by atoms with Gasteiger partial charge in [-0.1, -0.05) is 0 Å². The van der Waals surface area contributed by atoms with E-state index in [-0.39, 0.29) is 5.69 Å². The molecular formula is C8H10F2N2O. The van der Waals surface area contributed by atoms with E-state index in [1.165, 1.54) is 4.68 Å². The molecule has 0 N–H and O–H groups in total. The fourth-order valence-corrected chi connectivity index (χ4v) is 1.48. The van der Waals surface area contributed by atoms with Gasteiger partial charge in [-0.2, -0.15) is 5.10 Å². The molecule has 0 saturated heterocycles. The Balaban J connectivity index is 2.44. The van der Waals surface area contributed by atoms with Crippen LogP contribution < -0.4 is 4.74 Å². The van der Waals surface area contributed by atoms with Crippen LogP contribution in [0, 0.1) is 6.92 Å². The van der Waals surface area contributed by atoms with Gasteiger partial charge in [-0.15, -0.1) is 0 Å². The molecule has 0 atom stereocenters. The molecule has 3 nitrogen and oxygen atoms in total. The summed E-state index contributed by atoms with van der Waals surface area (Å²) in [6, 6.07) is 0. The predicted octanol–water partition coefficient (Wildman–Crippen LogP) is 1.91. The number of aromatic nitrogens is 2. The first-order valence-corrected chi connectivity index (χ1v) is 4.18. The van der Waals surface area contributed by atoms with Crippen LogP contribution in [0.5, 0.6) is 5.88 Å². The van der Waals surface area contributed by atoms with E-state index in [1.807, 2.05) is 0 Å². The maximum absolute atomic E-state index is 12.4. The summed E-state index contributed by atoms with van der Waals surface area (Å²) in [5, 5.41) is 3.79. The summed E-state index contributed by atoms with van der Waals surface area (Å²) in [7, 11) is 0. The average molecular weight is 188 g/mol. The second-order valence-corrected chi connectivity index (χ2v) is 3.04. The summed E-state index contributed by atoms with van der Waals surface area (Å²) in [5.74, 6) is 0.501. The van der Waals surface area contributed by atoms with Crippen molar-refractivity contribution in [3.05, 3.63) is 11.3 Å². The van der Waals surface area contributed by atoms with Crippen molar-refractivity contribution in [3.8, 4) is 5.88 Å². The molecule has 0 aliphatic carbocycles. The summed E-state index contributed by atoms with van der Waals surface area (Å²) in [6.07, 6.45) is -1.68. The third-order valence-electron chi connectivity index (χ3n) is 2.13. The number of aryl methyl sites for hydroxylation is 1. The Hall–Kier alpha value is -1.13. The molecule has 0 amide bonds. The highest BCUT2D eigenvalue weighted by molar-refractivity contribution is 5.31. The van der Waals surface area contributed by atoms with Gasteiger partial charge in [-0.05, 0) is 6.92 Å². The lowest BCUT2D eigenvalue weighted by atomic mass is 10.2. The molecule has 1 aromatic heterocycles. The van der Waals surface area contributed by atoms with Gasteiger partial charge >= 0.3 is 0 Å². The van der Waals surface area contributed by atoms with Gasteiger partial charge in [0.2, 0.25) is 5.88 Å². The SMILES string of the molecule is Cc1c(C(F)F)nn2c1OCCC2. The predicted molar refractivity (Wildman–Crippen MR) is 42.0 cm³/mol. The Labute approximate surface area is 74.3 Å². The van der Waals surface area contributed by atoms with Gasteiger partial charge in [0, 0.05) is 18.5 Å². The Bertz CT molecular complexity index is 322. The minimum Gasteiger partial charge on any atom is -0.478 e. The molecule has 5 heteroatoms. The van der Waals surface area contributed by atoms with Crippen LogP contribution in [-0.2, 0) is 6.54 Å². The minimum atomic E-state index is -2.51. The van der Waals surface area contributed by atoms with Gasteiger partial charge in [-0.25, -0.2) is 13.5 Å². The van der Waals surface area contributed by atoms with Crippen molar-refractivity contribution in [2.24, 2.45) is 0 Å². The van der Waals surface area contributed by atoms with Crippen LogP contribution in [0.3, 0.4) is 0 Å². The molecule has 72 valence electrons. The maximum atomic E-state index is 12.4. The number of alkyl halides is 2. The van der Waals surface area contributed by atoms with E-state index in [0.717, 1.165) is 6.42 Å². The number of hydrogen-bond donors (Lipinski definition) is 0. The second-order valence-electron chi connectivity index (χ2n) is 3.04. The first-order chi connectivity index (χ1) is 6.20. The second kappa shape index (κ2) is 2.97. The van der Waals surface area contributed by atoms with Crippen LogP contribution in [0.4, 0.5) is 8.78 Å². The number of hydrogen-bond acceptors (Lipinski definition) is 2. The molecular weight excluding hydrogens is 178 g/mol. The Morgan fingerprint density at radius 3 is 2.92 bits per heavy atom. The van der Waals surface area contributed by atoms with Crippen LogP contribution in [0.25, 0.3) is 0 Å². The molecule has 0 bridgehead atoms. The molecule has 0 unspecified atom stereocenters. The van der Waals surface area contributed by atoms with Gasteiger partial charge in [0.05, 0.1) is 6.61 Å². The van der Waals surface area contributed by atoms with Gasteiger partial charge in [0.15, 0.2) is 0 Å². The highest BCUT2D eigenvalue weighted by Gasteiger charge is 2.23. The molecule has 0 spiro atoms. The third-order valence-corrected chi connectivity index (χ3v) is 2.13. The van der Waals surface area contributed by atoms with Gasteiger partial charge < -0.3 is 4.74 Å². The first kappa shape index (κ1) is 8.47. The largest absolute Gasteiger partial charge is 0.478 e. The van der Waals surface area contributed by atoms with E-state index >= 15 is 0 Å². The lowest BCUT2D eigenvalue weighted by Crippen LogP contribution is -2.14. The molecule has 1 aliphatic heterocycles. The molecule has 0 aromatic carbocycles. The van der Waals surface area contributed by atoms with Crippen LogP contribution in [0.1, 0.15) is 24.1 Å². The van der Waals surface area contributed by atoms with Crippen molar-refractivity contribution in [1.29, 1.82) is 0 Å². The van der Waals surface area contributed by atoms with Gasteiger partial charge in [0.25, 0.3) is 6.43 Å². The minimum absolute atomic E-state index is 0.156. The summed E-state index contributed by atoms with van der Waals surface area (Å²) < 4.78 is 31.5. The van der Waals surface area contributed by atoms with Crippen LogP contribution >= 0.6 is 0 Å². The Morgan fingerprint density at radius 2 is 2.31 bits per heavy atom. The Morgan fingerprint density at radius 1 is 1.54 bits per heavy atom. The zero-order valence-corrected chi connectivity index (χ0v) is 7.26. The molecule has 0 radical (unpaired) electrons. The van der Waals surface area contributed by atoms with Crippen molar-refractivity contribution in [2.75, 3.05) is 6.61 Å². The zero-order valence-electron chi connectivity index (χ0n) is 7.26. The van der Waals surface area contributed by atoms with Gasteiger partial charge in [-0.3, -0.25) is 0 Å². The molecule has 2 rings (SSSR count). The molecule has 13 heavy (non-hydrogen) atoms. The fraction of sp³-hybridized carbons (Fsp3) is 0.625. The molecule has 2 heterocycles. The van der Waals surface area contributed by atoms with Gasteiger partial charge in [0.1, 0.15) is 5.69 Å². The molecule has 1 aromatic rings. The number of halogens is 2. The third kappa shape index (κ3) is 1.28. The number of fused-ring (bicyclic) bond motifs is 1. The lowest BCUT2D eigenvalue weighted by molar-refractivity contribution is 0.144. The van der Waals surface area contributed by atoms with E-state index in [0.29, 0.717) is 24.6 Å². The van der Waals surface area contributed by atoms with E-state index < -0.39 is 6.43 Å². The topological polar surface area (TPSA) is 27.1 Å². The van der Waals surface area contributed by atoms with Crippen LogP contribution in [-0.4, -0.2) is 16.4 Å². The van der Waals surface area contributed by atoms with E-state index in [2.05, 4.69) is 5.10 Å². The molecule has 0 saturated carbocycles. The highest BCUT2D eigenvalue weighted by atomic mass is 19.3. The normalized spacial score (nSPS) is 15.7. The average Bonchev–Trinajstić information content (AvgIpc) is 2.45. The highest BCUT2D eigenvalue weighted by Crippen LogP contribution is 2.30. The fourth-order valence-electron chi connectivity index (χ4n) is 1.48. The van der Waals surface area contributed by atoms with E-state index in [9.17, 15) is 8.78 Å². The number of nitrogens with zero attached hydrogens (tertiary/aromatic N) is 2. The van der Waals surface area contributed by atoms with Crippen molar-refractivity contribution in [2.45, 2.75) is 26.3 Å². The summed E-state index contributed by atoms with van der Waals surface area (Å²) in [6.45, 7) is 2.88. The maximum Gasteiger partial charge on any atom is 0.282 e. The smallest absolute Gasteiger partial charge is 0.282 e. The first-order valence-electron chi connectivity index (χ1n) is 4.18. The monoisotopic (exact) mass is 188 g/mol. The number of rotatable bonds is 1. The van der Waals surface area contributed by atoms with Crippen LogP contribution in [0.2, 0.25) is 0 Å². The molecule has 1 aliphatic rings. The summed E-state index contributed by atoms with van der Waals surface area (Å²) >= 11 is 0.